The number of ether oxygens (including phenoxy) is 2. The molecule has 1 aliphatic rings. The molecule has 0 amide bonds. The lowest BCUT2D eigenvalue weighted by Crippen LogP contribution is -2.24. The van der Waals surface area contributed by atoms with E-state index in [-0.39, 0.29) is 0 Å². The van der Waals surface area contributed by atoms with Gasteiger partial charge < -0.3 is 14.8 Å². The average Bonchev–Trinajstić information content (AvgIpc) is 2.42. The second kappa shape index (κ2) is 7.71. The fraction of sp³-hybridized carbons (Fsp3) is 0.615. The predicted octanol–water partition coefficient (Wildman–Crippen LogP) is 2.84. The van der Waals surface area contributed by atoms with Gasteiger partial charge in [-0.05, 0) is 47.3 Å². The topological polar surface area (TPSA) is 43.4 Å². The highest BCUT2D eigenvalue weighted by Crippen LogP contribution is 2.18. The van der Waals surface area contributed by atoms with E-state index in [2.05, 4.69) is 26.2 Å². The van der Waals surface area contributed by atoms with Gasteiger partial charge in [-0.25, -0.2) is 4.98 Å². The molecular formula is C13H19BrN2O2. The van der Waals surface area contributed by atoms with Crippen LogP contribution in [0.1, 0.15) is 19.3 Å². The van der Waals surface area contributed by atoms with Crippen LogP contribution in [0.3, 0.4) is 0 Å². The van der Waals surface area contributed by atoms with Crippen LogP contribution < -0.4 is 5.32 Å². The van der Waals surface area contributed by atoms with Gasteiger partial charge in [-0.1, -0.05) is 0 Å². The summed E-state index contributed by atoms with van der Waals surface area (Å²) in [6.45, 7) is 3.34. The van der Waals surface area contributed by atoms with Gasteiger partial charge >= 0.3 is 0 Å². The van der Waals surface area contributed by atoms with E-state index in [1.807, 2.05) is 12.1 Å². The lowest BCUT2D eigenvalue weighted by molar-refractivity contribution is -0.0316. The zero-order valence-electron chi connectivity index (χ0n) is 10.4. The van der Waals surface area contributed by atoms with Gasteiger partial charge in [0.05, 0.1) is 10.6 Å². The van der Waals surface area contributed by atoms with E-state index in [0.29, 0.717) is 6.10 Å². The van der Waals surface area contributed by atoms with E-state index in [1.165, 1.54) is 0 Å². The molecule has 0 radical (unpaired) electrons. The smallest absolute Gasteiger partial charge is 0.140 e. The number of pyridine rings is 1. The SMILES string of the molecule is Brc1cccnc1NCCCOC1CCOCC1. The molecule has 18 heavy (non-hydrogen) atoms. The number of hydrogen-bond donors (Lipinski definition) is 1. The fourth-order valence-electron chi connectivity index (χ4n) is 1.89. The third kappa shape index (κ3) is 4.55. The molecule has 1 aliphatic heterocycles. The number of hydrogen-bond acceptors (Lipinski definition) is 4. The molecular weight excluding hydrogens is 296 g/mol. The molecule has 2 heterocycles. The van der Waals surface area contributed by atoms with Crippen molar-refractivity contribution in [1.82, 2.24) is 4.98 Å². The van der Waals surface area contributed by atoms with Gasteiger partial charge in [0.2, 0.25) is 0 Å². The first-order valence-corrected chi connectivity index (χ1v) is 7.19. The fourth-order valence-corrected chi connectivity index (χ4v) is 2.28. The summed E-state index contributed by atoms with van der Waals surface area (Å²) in [6, 6.07) is 3.89. The van der Waals surface area contributed by atoms with Crippen molar-refractivity contribution in [2.45, 2.75) is 25.4 Å². The Morgan fingerprint density at radius 3 is 3.06 bits per heavy atom. The second-order valence-corrected chi connectivity index (χ2v) is 5.15. The van der Waals surface area contributed by atoms with Crippen LogP contribution in [0.4, 0.5) is 5.82 Å². The van der Waals surface area contributed by atoms with E-state index in [1.54, 1.807) is 6.20 Å². The van der Waals surface area contributed by atoms with Crippen molar-refractivity contribution in [3.05, 3.63) is 22.8 Å². The Hall–Kier alpha value is -0.650. The molecule has 1 aromatic rings. The average molecular weight is 315 g/mol. The third-order valence-corrected chi connectivity index (χ3v) is 3.53. The Morgan fingerprint density at radius 1 is 1.44 bits per heavy atom. The van der Waals surface area contributed by atoms with Crippen LogP contribution in [0.25, 0.3) is 0 Å². The highest BCUT2D eigenvalue weighted by Gasteiger charge is 2.13. The maximum absolute atomic E-state index is 5.80. The molecule has 0 atom stereocenters. The molecule has 0 saturated carbocycles. The van der Waals surface area contributed by atoms with E-state index in [9.17, 15) is 0 Å². The van der Waals surface area contributed by atoms with Crippen molar-refractivity contribution >= 4 is 21.7 Å². The van der Waals surface area contributed by atoms with Crippen LogP contribution in [0.5, 0.6) is 0 Å². The summed E-state index contributed by atoms with van der Waals surface area (Å²) in [5.74, 6) is 0.892. The molecule has 5 heteroatoms. The molecule has 2 rings (SSSR count). The van der Waals surface area contributed by atoms with Gasteiger partial charge in [0.1, 0.15) is 5.82 Å². The number of aromatic nitrogens is 1. The van der Waals surface area contributed by atoms with Crippen LogP contribution in [0.15, 0.2) is 22.8 Å². The zero-order valence-corrected chi connectivity index (χ0v) is 12.0. The highest BCUT2D eigenvalue weighted by molar-refractivity contribution is 9.10. The van der Waals surface area contributed by atoms with Crippen LogP contribution in [-0.2, 0) is 9.47 Å². The lowest BCUT2D eigenvalue weighted by Gasteiger charge is -2.22. The third-order valence-electron chi connectivity index (χ3n) is 2.89. The predicted molar refractivity (Wildman–Crippen MR) is 74.8 cm³/mol. The first kappa shape index (κ1) is 13.8. The van der Waals surface area contributed by atoms with Crippen LogP contribution in [0.2, 0.25) is 0 Å². The van der Waals surface area contributed by atoms with Crippen LogP contribution in [0, 0.1) is 0 Å². The number of halogens is 1. The summed E-state index contributed by atoms with van der Waals surface area (Å²) in [7, 11) is 0. The monoisotopic (exact) mass is 314 g/mol. The quantitative estimate of drug-likeness (QED) is 0.820. The Bertz CT molecular complexity index is 357. The van der Waals surface area contributed by atoms with E-state index >= 15 is 0 Å². The minimum atomic E-state index is 0.389. The summed E-state index contributed by atoms with van der Waals surface area (Å²) < 4.78 is 12.1. The molecule has 0 bridgehead atoms. The molecule has 1 aromatic heterocycles. The summed E-state index contributed by atoms with van der Waals surface area (Å²) in [5, 5.41) is 3.29. The standard InChI is InChI=1S/C13H19BrN2O2/c14-12-3-1-6-15-13(12)16-7-2-8-18-11-4-9-17-10-5-11/h1,3,6,11H,2,4-5,7-10H2,(H,15,16). The summed E-state index contributed by atoms with van der Waals surface area (Å²) in [6.07, 6.45) is 5.21. The zero-order chi connectivity index (χ0) is 12.6. The van der Waals surface area contributed by atoms with Gasteiger partial charge in [0, 0.05) is 32.6 Å². The van der Waals surface area contributed by atoms with Crippen LogP contribution in [-0.4, -0.2) is 37.5 Å². The summed E-state index contributed by atoms with van der Waals surface area (Å²) in [4.78, 5) is 4.25. The van der Waals surface area contributed by atoms with E-state index < -0.39 is 0 Å². The molecule has 0 aliphatic carbocycles. The molecule has 0 unspecified atom stereocenters. The number of rotatable bonds is 6. The van der Waals surface area contributed by atoms with Gasteiger partial charge in [0.15, 0.2) is 0 Å². The van der Waals surface area contributed by atoms with Crippen molar-refractivity contribution in [2.75, 3.05) is 31.7 Å². The van der Waals surface area contributed by atoms with Gasteiger partial charge in [-0.15, -0.1) is 0 Å². The Balaban J connectivity index is 1.57. The Labute approximate surface area is 116 Å². The summed E-state index contributed by atoms with van der Waals surface area (Å²) >= 11 is 3.46. The molecule has 1 fully saturated rings. The Morgan fingerprint density at radius 2 is 2.28 bits per heavy atom. The molecule has 100 valence electrons. The van der Waals surface area contributed by atoms with Gasteiger partial charge in [-0.2, -0.15) is 0 Å². The Kier molecular flexibility index (Phi) is 5.90. The van der Waals surface area contributed by atoms with Crippen molar-refractivity contribution < 1.29 is 9.47 Å². The van der Waals surface area contributed by atoms with Crippen molar-refractivity contribution in [1.29, 1.82) is 0 Å². The maximum Gasteiger partial charge on any atom is 0.140 e. The van der Waals surface area contributed by atoms with Crippen molar-refractivity contribution in [2.24, 2.45) is 0 Å². The molecule has 1 N–H and O–H groups in total. The van der Waals surface area contributed by atoms with Gasteiger partial charge in [0.25, 0.3) is 0 Å². The maximum atomic E-state index is 5.80. The minimum Gasteiger partial charge on any atom is -0.381 e. The highest BCUT2D eigenvalue weighted by atomic mass is 79.9. The largest absolute Gasteiger partial charge is 0.381 e. The number of nitrogens with one attached hydrogen (secondary N) is 1. The van der Waals surface area contributed by atoms with Crippen LogP contribution >= 0.6 is 15.9 Å². The molecule has 0 aromatic carbocycles. The minimum absolute atomic E-state index is 0.389. The van der Waals surface area contributed by atoms with E-state index in [0.717, 1.165) is 55.9 Å². The molecule has 0 spiro atoms. The van der Waals surface area contributed by atoms with Crippen molar-refractivity contribution in [3.63, 3.8) is 0 Å². The van der Waals surface area contributed by atoms with Crippen molar-refractivity contribution in [3.8, 4) is 0 Å². The summed E-state index contributed by atoms with van der Waals surface area (Å²) in [5.41, 5.74) is 0. The normalized spacial score (nSPS) is 16.7. The first-order valence-electron chi connectivity index (χ1n) is 6.40. The molecule has 4 nitrogen and oxygen atoms in total. The van der Waals surface area contributed by atoms with E-state index in [4.69, 9.17) is 9.47 Å². The number of nitrogens with zero attached hydrogens (tertiary/aromatic N) is 1. The van der Waals surface area contributed by atoms with Gasteiger partial charge in [-0.3, -0.25) is 0 Å². The first-order chi connectivity index (χ1) is 8.86. The number of anilines is 1. The lowest BCUT2D eigenvalue weighted by atomic mass is 10.1. The second-order valence-electron chi connectivity index (χ2n) is 4.30. The molecule has 1 saturated heterocycles.